The van der Waals surface area contributed by atoms with Crippen molar-refractivity contribution in [2.75, 3.05) is 13.2 Å². The molecule has 1 fully saturated rings. The Labute approximate surface area is 213 Å². The van der Waals surface area contributed by atoms with Crippen LogP contribution in [0.1, 0.15) is 29.7 Å². The number of hydrogen-bond donors (Lipinski definition) is 2. The number of benzene rings is 3. The van der Waals surface area contributed by atoms with Crippen molar-refractivity contribution < 1.29 is 19.4 Å². The minimum Gasteiger partial charge on any atom is -0.507 e. The highest BCUT2D eigenvalue weighted by molar-refractivity contribution is 6.46. The summed E-state index contributed by atoms with van der Waals surface area (Å²) in [5.74, 6) is -0.877. The summed E-state index contributed by atoms with van der Waals surface area (Å²) in [6.45, 7) is 2.74. The predicted octanol–water partition coefficient (Wildman–Crippen LogP) is 5.88. The summed E-state index contributed by atoms with van der Waals surface area (Å²) in [5.41, 5.74) is 3.26. The maximum absolute atomic E-state index is 13.3. The number of nitrogens with zero attached hydrogens (tertiary/aromatic N) is 1. The highest BCUT2D eigenvalue weighted by Crippen LogP contribution is 2.40. The van der Waals surface area contributed by atoms with Gasteiger partial charge in [0, 0.05) is 34.2 Å². The number of amides is 1. The molecular weight excluding hydrogens is 476 g/mol. The number of carbonyl (C=O) groups is 2. The first-order valence-electron chi connectivity index (χ1n) is 11.8. The number of H-pyrrole nitrogens is 1. The molecule has 1 aliphatic rings. The van der Waals surface area contributed by atoms with Gasteiger partial charge >= 0.3 is 0 Å². The minimum atomic E-state index is -0.735. The molecule has 0 radical (unpaired) electrons. The molecule has 2 heterocycles. The third-order valence-electron chi connectivity index (χ3n) is 6.46. The Morgan fingerprint density at radius 3 is 2.47 bits per heavy atom. The number of halogens is 1. The maximum atomic E-state index is 13.3. The van der Waals surface area contributed by atoms with Gasteiger partial charge in [-0.3, -0.25) is 9.59 Å². The fourth-order valence-corrected chi connectivity index (χ4v) is 4.84. The minimum absolute atomic E-state index is 0.0606. The van der Waals surface area contributed by atoms with Gasteiger partial charge in [0.1, 0.15) is 11.5 Å². The molecule has 36 heavy (non-hydrogen) atoms. The van der Waals surface area contributed by atoms with E-state index in [4.69, 9.17) is 16.3 Å². The fraction of sp³-hybridized carbons (Fsp3) is 0.172. The molecule has 6 nitrogen and oxygen atoms in total. The Balaban J connectivity index is 1.55. The molecule has 7 heteroatoms. The first-order chi connectivity index (χ1) is 17.5. The van der Waals surface area contributed by atoms with Crippen LogP contribution in [0.3, 0.4) is 0 Å². The van der Waals surface area contributed by atoms with Crippen LogP contribution in [0.2, 0.25) is 5.02 Å². The number of aromatic amines is 1. The van der Waals surface area contributed by atoms with Gasteiger partial charge in [-0.25, -0.2) is 0 Å². The van der Waals surface area contributed by atoms with Crippen molar-refractivity contribution in [1.82, 2.24) is 9.88 Å². The molecular formula is C29H25ClN2O4. The zero-order valence-corrected chi connectivity index (χ0v) is 20.5. The quantitative estimate of drug-likeness (QED) is 0.188. The van der Waals surface area contributed by atoms with E-state index in [9.17, 15) is 14.7 Å². The van der Waals surface area contributed by atoms with Gasteiger partial charge in [0.25, 0.3) is 11.7 Å². The molecule has 1 unspecified atom stereocenters. The number of ketones is 1. The van der Waals surface area contributed by atoms with Crippen LogP contribution >= 0.6 is 11.6 Å². The monoisotopic (exact) mass is 500 g/mol. The number of nitrogens with one attached hydrogen (secondary N) is 1. The van der Waals surface area contributed by atoms with Crippen LogP contribution in [0.4, 0.5) is 0 Å². The first kappa shape index (κ1) is 23.7. The van der Waals surface area contributed by atoms with Gasteiger partial charge in [0.05, 0.1) is 18.2 Å². The molecule has 1 atom stereocenters. The van der Waals surface area contributed by atoms with E-state index in [1.807, 2.05) is 49.5 Å². The molecule has 1 aliphatic heterocycles. The molecule has 182 valence electrons. The Hall–Kier alpha value is -4.03. The molecule has 0 spiro atoms. The number of carbonyl (C=O) groups excluding carboxylic acids is 2. The topological polar surface area (TPSA) is 82.6 Å². The van der Waals surface area contributed by atoms with Crippen LogP contribution in [-0.2, 0) is 16.0 Å². The lowest BCUT2D eigenvalue weighted by molar-refractivity contribution is -0.139. The standard InChI is InChI=1S/C29H25ClN2O4/c1-2-36-22-13-9-18(10-14-22)26-25(27(33)19-7-11-21(30)12-8-19)28(34)29(35)32(26)16-15-20-17-31-24-6-4-3-5-23(20)24/h3-14,17,26,31,33H,2,15-16H2,1H3/b27-25+. The molecule has 2 N–H and O–H groups in total. The molecule has 1 saturated heterocycles. The number of aliphatic hydroxyl groups excluding tert-OH is 1. The summed E-state index contributed by atoms with van der Waals surface area (Å²) >= 11 is 6.01. The maximum Gasteiger partial charge on any atom is 0.295 e. The zero-order chi connectivity index (χ0) is 25.2. The second-order valence-corrected chi connectivity index (χ2v) is 9.05. The van der Waals surface area contributed by atoms with Crippen molar-refractivity contribution in [2.45, 2.75) is 19.4 Å². The van der Waals surface area contributed by atoms with Crippen LogP contribution < -0.4 is 4.74 Å². The number of hydrogen-bond acceptors (Lipinski definition) is 4. The summed E-state index contributed by atoms with van der Waals surface area (Å²) in [6.07, 6.45) is 2.48. The summed E-state index contributed by atoms with van der Waals surface area (Å²) in [6, 6.07) is 21.0. The average molecular weight is 501 g/mol. The van der Waals surface area contributed by atoms with Crippen molar-refractivity contribution in [3.05, 3.63) is 106 Å². The molecule has 1 aromatic heterocycles. The second-order valence-electron chi connectivity index (χ2n) is 8.61. The highest BCUT2D eigenvalue weighted by Gasteiger charge is 2.45. The number of rotatable bonds is 7. The molecule has 3 aromatic carbocycles. The number of likely N-dealkylation sites (tertiary alicyclic amines) is 1. The zero-order valence-electron chi connectivity index (χ0n) is 19.7. The second kappa shape index (κ2) is 9.91. The van der Waals surface area contributed by atoms with Gasteiger partial charge in [-0.15, -0.1) is 0 Å². The fourth-order valence-electron chi connectivity index (χ4n) is 4.71. The smallest absolute Gasteiger partial charge is 0.295 e. The Morgan fingerprint density at radius 1 is 1.03 bits per heavy atom. The van der Waals surface area contributed by atoms with Gasteiger partial charge in [-0.2, -0.15) is 0 Å². The molecule has 0 saturated carbocycles. The summed E-state index contributed by atoms with van der Waals surface area (Å²) < 4.78 is 5.56. The van der Waals surface area contributed by atoms with Gasteiger partial charge in [0.15, 0.2) is 0 Å². The van der Waals surface area contributed by atoms with Crippen molar-refractivity contribution in [3.8, 4) is 5.75 Å². The molecule has 0 aliphatic carbocycles. The number of aliphatic hydroxyl groups is 1. The third-order valence-corrected chi connectivity index (χ3v) is 6.71. The number of aromatic nitrogens is 1. The lowest BCUT2D eigenvalue weighted by Crippen LogP contribution is -2.31. The average Bonchev–Trinajstić information content (AvgIpc) is 3.42. The molecule has 1 amide bonds. The van der Waals surface area contributed by atoms with Crippen LogP contribution in [-0.4, -0.2) is 39.8 Å². The van der Waals surface area contributed by atoms with Crippen molar-refractivity contribution in [2.24, 2.45) is 0 Å². The van der Waals surface area contributed by atoms with Crippen molar-refractivity contribution in [1.29, 1.82) is 0 Å². The molecule has 0 bridgehead atoms. The largest absolute Gasteiger partial charge is 0.507 e. The SMILES string of the molecule is CCOc1ccc(C2/C(=C(\O)c3ccc(Cl)cc3)C(=O)C(=O)N2CCc2c[nH]c3ccccc23)cc1. The first-order valence-corrected chi connectivity index (χ1v) is 12.2. The normalized spacial score (nSPS) is 17.2. The van der Waals surface area contributed by atoms with E-state index in [-0.39, 0.29) is 11.3 Å². The van der Waals surface area contributed by atoms with Crippen LogP contribution in [0.5, 0.6) is 5.75 Å². The highest BCUT2D eigenvalue weighted by atomic mass is 35.5. The lowest BCUT2D eigenvalue weighted by Gasteiger charge is -2.25. The van der Waals surface area contributed by atoms with Crippen molar-refractivity contribution >= 4 is 40.0 Å². The Morgan fingerprint density at radius 2 is 1.75 bits per heavy atom. The van der Waals surface area contributed by atoms with E-state index < -0.39 is 17.7 Å². The van der Waals surface area contributed by atoms with E-state index >= 15 is 0 Å². The van der Waals surface area contributed by atoms with Gasteiger partial charge in [0.2, 0.25) is 0 Å². The van der Waals surface area contributed by atoms with E-state index in [2.05, 4.69) is 4.98 Å². The van der Waals surface area contributed by atoms with E-state index in [1.54, 1.807) is 41.3 Å². The molecule has 5 rings (SSSR count). The van der Waals surface area contributed by atoms with Crippen LogP contribution in [0, 0.1) is 0 Å². The number of para-hydroxylation sites is 1. The van der Waals surface area contributed by atoms with Crippen LogP contribution in [0.25, 0.3) is 16.7 Å². The van der Waals surface area contributed by atoms with Gasteiger partial charge in [-0.05, 0) is 66.9 Å². The van der Waals surface area contributed by atoms with E-state index in [0.717, 1.165) is 16.5 Å². The number of fused-ring (bicyclic) bond motifs is 1. The number of Topliss-reactive ketones (excluding diaryl/α,β-unsaturated/α-hetero) is 1. The predicted molar refractivity (Wildman–Crippen MR) is 140 cm³/mol. The van der Waals surface area contributed by atoms with E-state index in [0.29, 0.717) is 41.5 Å². The number of ether oxygens (including phenoxy) is 1. The Bertz CT molecular complexity index is 1450. The Kier molecular flexibility index (Phi) is 6.53. The van der Waals surface area contributed by atoms with Gasteiger partial charge in [-0.1, -0.05) is 41.9 Å². The van der Waals surface area contributed by atoms with Crippen LogP contribution in [0.15, 0.2) is 84.6 Å². The summed E-state index contributed by atoms with van der Waals surface area (Å²) in [5, 5.41) is 12.8. The molecule has 4 aromatic rings. The van der Waals surface area contributed by atoms with Gasteiger partial charge < -0.3 is 19.7 Å². The third kappa shape index (κ3) is 4.36. The lowest BCUT2D eigenvalue weighted by atomic mass is 9.95. The summed E-state index contributed by atoms with van der Waals surface area (Å²) in [4.78, 5) is 31.3. The van der Waals surface area contributed by atoms with Crippen molar-refractivity contribution in [3.63, 3.8) is 0 Å². The van der Waals surface area contributed by atoms with E-state index in [1.165, 1.54) is 0 Å². The summed E-state index contributed by atoms with van der Waals surface area (Å²) in [7, 11) is 0.